The molecule has 9 nitrogen and oxygen atoms in total. The third kappa shape index (κ3) is 4.14. The minimum atomic E-state index is -1.08. The van der Waals surface area contributed by atoms with Gasteiger partial charge in [-0.05, 0) is 26.2 Å². The lowest BCUT2D eigenvalue weighted by Crippen LogP contribution is -2.65. The summed E-state index contributed by atoms with van der Waals surface area (Å²) in [6.07, 6.45) is 7.33. The third-order valence-electron chi connectivity index (χ3n) is 5.90. The molecule has 3 rings (SSSR count). The Kier molecular flexibility index (Phi) is 6.56. The molecule has 2 heterocycles. The second-order valence-electron chi connectivity index (χ2n) is 7.95. The van der Waals surface area contributed by atoms with Crippen LogP contribution in [-0.4, -0.2) is 71.2 Å². The van der Waals surface area contributed by atoms with Crippen molar-refractivity contribution >= 4 is 17.8 Å². The van der Waals surface area contributed by atoms with Crippen molar-refractivity contribution in [2.45, 2.75) is 63.6 Å². The van der Waals surface area contributed by atoms with Gasteiger partial charge in [0.2, 0.25) is 5.91 Å². The highest BCUT2D eigenvalue weighted by Crippen LogP contribution is 2.30. The standard InChI is InChI=1S/C20H30N4O5/c1-20(19(27)22-14-8-5-4-6-9-14)12-23-13-21-15(18(26)29-3)16(23)17(25)24(20)10-7-11-28-2/h13-14H,4-12H2,1-3H3,(H,22,27). The Hall–Kier alpha value is -2.42. The second kappa shape index (κ2) is 8.94. The van der Waals surface area contributed by atoms with E-state index in [0.29, 0.717) is 19.6 Å². The first-order valence-electron chi connectivity index (χ1n) is 10.2. The van der Waals surface area contributed by atoms with E-state index in [1.165, 1.54) is 19.9 Å². The summed E-state index contributed by atoms with van der Waals surface area (Å²) in [5.41, 5.74) is -0.940. The summed E-state index contributed by atoms with van der Waals surface area (Å²) >= 11 is 0. The van der Waals surface area contributed by atoms with Gasteiger partial charge in [0.25, 0.3) is 5.91 Å². The van der Waals surface area contributed by atoms with E-state index in [-0.39, 0.29) is 29.9 Å². The van der Waals surface area contributed by atoms with Crippen LogP contribution in [0.2, 0.25) is 0 Å². The van der Waals surface area contributed by atoms with E-state index in [9.17, 15) is 14.4 Å². The first kappa shape index (κ1) is 21.3. The molecular formula is C20H30N4O5. The van der Waals surface area contributed by atoms with Crippen molar-refractivity contribution in [1.82, 2.24) is 19.8 Å². The number of aromatic nitrogens is 2. The first-order valence-corrected chi connectivity index (χ1v) is 10.2. The number of hydrogen-bond acceptors (Lipinski definition) is 6. The highest BCUT2D eigenvalue weighted by atomic mass is 16.5. The van der Waals surface area contributed by atoms with E-state index in [1.807, 2.05) is 0 Å². The van der Waals surface area contributed by atoms with Crippen LogP contribution >= 0.6 is 0 Å². The van der Waals surface area contributed by atoms with E-state index >= 15 is 0 Å². The summed E-state index contributed by atoms with van der Waals surface area (Å²) in [5, 5.41) is 3.15. The highest BCUT2D eigenvalue weighted by molar-refractivity contribution is 6.06. The lowest BCUT2D eigenvalue weighted by atomic mass is 9.91. The van der Waals surface area contributed by atoms with E-state index in [4.69, 9.17) is 9.47 Å². The summed E-state index contributed by atoms with van der Waals surface area (Å²) in [5.74, 6) is -1.24. The summed E-state index contributed by atoms with van der Waals surface area (Å²) in [6.45, 7) is 2.81. The van der Waals surface area contributed by atoms with Gasteiger partial charge < -0.3 is 24.3 Å². The average molecular weight is 406 g/mol. The molecule has 1 aromatic heterocycles. The number of carbonyl (C=O) groups excluding carboxylic acids is 3. The predicted molar refractivity (Wildman–Crippen MR) is 105 cm³/mol. The maximum Gasteiger partial charge on any atom is 0.359 e. The van der Waals surface area contributed by atoms with Crippen LogP contribution in [0.25, 0.3) is 0 Å². The van der Waals surface area contributed by atoms with Gasteiger partial charge in [0.05, 0.1) is 20.0 Å². The highest BCUT2D eigenvalue weighted by Gasteiger charge is 2.49. The Morgan fingerprint density at radius 3 is 2.66 bits per heavy atom. The zero-order chi connectivity index (χ0) is 21.0. The summed E-state index contributed by atoms with van der Waals surface area (Å²) in [4.78, 5) is 44.4. The molecule has 0 spiro atoms. The Morgan fingerprint density at radius 1 is 1.28 bits per heavy atom. The summed E-state index contributed by atoms with van der Waals surface area (Å²) in [6, 6.07) is 0.138. The van der Waals surface area contributed by atoms with Crippen molar-refractivity contribution in [3.63, 3.8) is 0 Å². The quantitative estimate of drug-likeness (QED) is 0.542. The number of ether oxygens (including phenoxy) is 2. The van der Waals surface area contributed by atoms with Gasteiger partial charge in [-0.1, -0.05) is 19.3 Å². The number of esters is 1. The van der Waals surface area contributed by atoms with Crippen molar-refractivity contribution in [3.8, 4) is 0 Å². The molecule has 1 aliphatic carbocycles. The van der Waals surface area contributed by atoms with Crippen molar-refractivity contribution in [2.75, 3.05) is 27.4 Å². The van der Waals surface area contributed by atoms with Crippen molar-refractivity contribution in [1.29, 1.82) is 0 Å². The number of nitrogens with one attached hydrogen (secondary N) is 1. The van der Waals surface area contributed by atoms with E-state index < -0.39 is 17.4 Å². The van der Waals surface area contributed by atoms with Crippen molar-refractivity contribution in [3.05, 3.63) is 17.7 Å². The van der Waals surface area contributed by atoms with Gasteiger partial charge in [-0.2, -0.15) is 0 Å². The molecule has 0 radical (unpaired) electrons. The topological polar surface area (TPSA) is 103 Å². The lowest BCUT2D eigenvalue weighted by molar-refractivity contribution is -0.134. The number of rotatable bonds is 7. The molecule has 2 aliphatic rings. The molecule has 0 aromatic carbocycles. The molecule has 1 aromatic rings. The van der Waals surface area contributed by atoms with Crippen LogP contribution in [0.3, 0.4) is 0 Å². The molecule has 1 atom stereocenters. The van der Waals surface area contributed by atoms with Gasteiger partial charge in [-0.25, -0.2) is 9.78 Å². The fraction of sp³-hybridized carbons (Fsp3) is 0.700. The van der Waals surface area contributed by atoms with E-state index in [0.717, 1.165) is 25.7 Å². The van der Waals surface area contributed by atoms with Crippen LogP contribution in [0.5, 0.6) is 0 Å². The molecule has 0 saturated heterocycles. The minimum absolute atomic E-state index is 0.0241. The molecule has 1 fully saturated rings. The number of methoxy groups -OCH3 is 2. The number of nitrogens with zero attached hydrogens (tertiary/aromatic N) is 3. The van der Waals surface area contributed by atoms with Crippen LogP contribution < -0.4 is 5.32 Å². The molecular weight excluding hydrogens is 376 g/mol. The van der Waals surface area contributed by atoms with Gasteiger partial charge >= 0.3 is 5.97 Å². The maximum absolute atomic E-state index is 13.4. The number of imidazole rings is 1. The molecule has 1 saturated carbocycles. The zero-order valence-electron chi connectivity index (χ0n) is 17.4. The first-order chi connectivity index (χ1) is 13.9. The van der Waals surface area contributed by atoms with Crippen molar-refractivity contribution in [2.24, 2.45) is 0 Å². The molecule has 9 heteroatoms. The molecule has 1 aliphatic heterocycles. The molecule has 1 N–H and O–H groups in total. The average Bonchev–Trinajstić information content (AvgIpc) is 3.14. The van der Waals surface area contributed by atoms with Gasteiger partial charge in [-0.3, -0.25) is 9.59 Å². The van der Waals surface area contributed by atoms with Crippen LogP contribution in [-0.2, 0) is 20.8 Å². The SMILES string of the molecule is COCCCN1C(=O)c2c(C(=O)OC)ncn2CC1(C)C(=O)NC1CCCCC1. The maximum atomic E-state index is 13.4. The molecule has 1 unspecified atom stereocenters. The minimum Gasteiger partial charge on any atom is -0.464 e. The monoisotopic (exact) mass is 406 g/mol. The van der Waals surface area contributed by atoms with E-state index in [2.05, 4.69) is 10.3 Å². The van der Waals surface area contributed by atoms with Gasteiger partial charge in [0, 0.05) is 26.3 Å². The fourth-order valence-electron chi connectivity index (χ4n) is 4.24. The van der Waals surface area contributed by atoms with E-state index in [1.54, 1.807) is 23.5 Å². The van der Waals surface area contributed by atoms with Crippen LogP contribution in [0.1, 0.15) is 66.4 Å². The lowest BCUT2D eigenvalue weighted by Gasteiger charge is -2.44. The summed E-state index contributed by atoms with van der Waals surface area (Å²) < 4.78 is 11.5. The smallest absolute Gasteiger partial charge is 0.359 e. The number of hydrogen-bond donors (Lipinski definition) is 1. The van der Waals surface area contributed by atoms with Crippen LogP contribution in [0.15, 0.2) is 6.33 Å². The number of amides is 2. The Balaban J connectivity index is 1.91. The van der Waals surface area contributed by atoms with Crippen LogP contribution in [0, 0.1) is 0 Å². The second-order valence-corrected chi connectivity index (χ2v) is 7.95. The van der Waals surface area contributed by atoms with Crippen molar-refractivity contribution < 1.29 is 23.9 Å². The predicted octanol–water partition coefficient (Wildman–Crippen LogP) is 1.37. The normalized spacial score (nSPS) is 22.3. The Bertz CT molecular complexity index is 771. The Labute approximate surface area is 170 Å². The number of fused-ring (bicyclic) bond motifs is 1. The number of carbonyl (C=O) groups is 3. The molecule has 2 amide bonds. The Morgan fingerprint density at radius 2 is 2.00 bits per heavy atom. The fourth-order valence-corrected chi connectivity index (χ4v) is 4.24. The van der Waals surface area contributed by atoms with Crippen LogP contribution in [0.4, 0.5) is 0 Å². The molecule has 29 heavy (non-hydrogen) atoms. The van der Waals surface area contributed by atoms with Gasteiger partial charge in [0.15, 0.2) is 5.69 Å². The van der Waals surface area contributed by atoms with Gasteiger partial charge in [-0.15, -0.1) is 0 Å². The third-order valence-corrected chi connectivity index (χ3v) is 5.90. The molecule has 160 valence electrons. The largest absolute Gasteiger partial charge is 0.464 e. The molecule has 0 bridgehead atoms. The zero-order valence-corrected chi connectivity index (χ0v) is 17.4. The van der Waals surface area contributed by atoms with Gasteiger partial charge in [0.1, 0.15) is 11.2 Å². The summed E-state index contributed by atoms with van der Waals surface area (Å²) in [7, 11) is 2.84.